The van der Waals surface area contributed by atoms with E-state index in [2.05, 4.69) is 9.72 Å². The largest absolute Gasteiger partial charge is 0.574 e. The maximum atomic E-state index is 12.5. The molecule has 0 saturated heterocycles. The van der Waals surface area contributed by atoms with Crippen molar-refractivity contribution in [2.45, 2.75) is 19.0 Å². The van der Waals surface area contributed by atoms with Crippen molar-refractivity contribution in [3.8, 4) is 5.88 Å². The van der Waals surface area contributed by atoms with Gasteiger partial charge in [-0.1, -0.05) is 0 Å². The van der Waals surface area contributed by atoms with Crippen LogP contribution in [-0.4, -0.2) is 22.4 Å². The van der Waals surface area contributed by atoms with Gasteiger partial charge >= 0.3 is 18.5 Å². The lowest BCUT2D eigenvalue weighted by atomic mass is 10.1. The molecule has 0 radical (unpaired) electrons. The summed E-state index contributed by atoms with van der Waals surface area (Å²) in [5.74, 6) is -2.83. The fourth-order valence-corrected chi connectivity index (χ4v) is 1.75. The molecule has 0 fully saturated rings. The van der Waals surface area contributed by atoms with Crippen molar-refractivity contribution in [3.63, 3.8) is 0 Å². The molecule has 112 valence electrons. The van der Waals surface area contributed by atoms with Gasteiger partial charge in [-0.05, 0) is 34.2 Å². The number of nitrogens with zero attached hydrogens (tertiary/aromatic N) is 1. The van der Waals surface area contributed by atoms with Crippen LogP contribution in [-0.2, 0) is 17.4 Å². The Bertz CT molecular complexity index is 528. The molecule has 0 amide bonds. The van der Waals surface area contributed by atoms with Gasteiger partial charge in [0.2, 0.25) is 5.88 Å². The standard InChI is InChI=1S/C9H4F6INO3/c10-8(11,12)4-1-3(2-5(18)19)6(16)7(17-4)20-9(13,14)15/h1H,2H2,(H,18,19). The molecule has 11 heteroatoms. The lowest BCUT2D eigenvalue weighted by Gasteiger charge is -2.14. The molecule has 0 aromatic carbocycles. The first-order chi connectivity index (χ1) is 8.90. The van der Waals surface area contributed by atoms with E-state index in [1.54, 1.807) is 0 Å². The van der Waals surface area contributed by atoms with Crippen LogP contribution >= 0.6 is 22.6 Å². The van der Waals surface area contributed by atoms with E-state index in [-0.39, 0.29) is 0 Å². The van der Waals surface area contributed by atoms with E-state index in [1.165, 1.54) is 22.6 Å². The van der Waals surface area contributed by atoms with E-state index < -0.39 is 45.6 Å². The van der Waals surface area contributed by atoms with Crippen LogP contribution in [0.15, 0.2) is 6.07 Å². The summed E-state index contributed by atoms with van der Waals surface area (Å²) < 4.78 is 76.7. The number of hydrogen-bond acceptors (Lipinski definition) is 3. The summed E-state index contributed by atoms with van der Waals surface area (Å²) in [6.07, 6.45) is -11.2. The number of aliphatic carboxylic acids is 1. The highest BCUT2D eigenvalue weighted by molar-refractivity contribution is 14.1. The third kappa shape index (κ3) is 4.68. The second-order valence-electron chi connectivity index (χ2n) is 3.40. The zero-order valence-electron chi connectivity index (χ0n) is 9.14. The molecule has 1 N–H and O–H groups in total. The minimum absolute atomic E-state index is 0.374. The van der Waals surface area contributed by atoms with E-state index in [1.807, 2.05) is 0 Å². The highest BCUT2D eigenvalue weighted by Crippen LogP contribution is 2.35. The van der Waals surface area contributed by atoms with Gasteiger partial charge in [0.25, 0.3) is 0 Å². The van der Waals surface area contributed by atoms with Crippen molar-refractivity contribution in [2.75, 3.05) is 0 Å². The average molecular weight is 415 g/mol. The molecule has 0 spiro atoms. The monoisotopic (exact) mass is 415 g/mol. The molecule has 1 aromatic rings. The fraction of sp³-hybridized carbons (Fsp3) is 0.333. The zero-order chi connectivity index (χ0) is 15.7. The van der Waals surface area contributed by atoms with Crippen LogP contribution in [0.2, 0.25) is 0 Å². The molecule has 0 aliphatic carbocycles. The van der Waals surface area contributed by atoms with Crippen LogP contribution in [0, 0.1) is 3.57 Å². The van der Waals surface area contributed by atoms with Crippen molar-refractivity contribution in [2.24, 2.45) is 0 Å². The number of aromatic nitrogens is 1. The number of hydrogen-bond donors (Lipinski definition) is 1. The van der Waals surface area contributed by atoms with E-state index in [0.717, 1.165) is 0 Å². The first kappa shape index (κ1) is 16.8. The van der Waals surface area contributed by atoms with Crippen LogP contribution in [0.5, 0.6) is 5.88 Å². The Morgan fingerprint density at radius 1 is 1.30 bits per heavy atom. The summed E-state index contributed by atoms with van der Waals surface area (Å²) >= 11 is 1.24. The van der Waals surface area contributed by atoms with Crippen molar-refractivity contribution in [1.82, 2.24) is 4.98 Å². The minimum atomic E-state index is -5.24. The Labute approximate surface area is 120 Å². The van der Waals surface area contributed by atoms with Gasteiger partial charge in [-0.25, -0.2) is 4.98 Å². The molecule has 1 rings (SSSR count). The van der Waals surface area contributed by atoms with Gasteiger partial charge in [-0.15, -0.1) is 13.2 Å². The lowest BCUT2D eigenvalue weighted by Crippen LogP contribution is -2.21. The quantitative estimate of drug-likeness (QED) is 0.609. The smallest absolute Gasteiger partial charge is 0.481 e. The normalized spacial score (nSPS) is 12.3. The maximum absolute atomic E-state index is 12.5. The number of rotatable bonds is 3. The average Bonchev–Trinajstić information content (AvgIpc) is 2.19. The number of carboxylic acid groups (broad SMARTS) is 1. The summed E-state index contributed by atoms with van der Waals surface area (Å²) in [4.78, 5) is 13.2. The maximum Gasteiger partial charge on any atom is 0.574 e. The Morgan fingerprint density at radius 3 is 2.25 bits per heavy atom. The fourth-order valence-electron chi connectivity index (χ4n) is 1.17. The number of halogens is 7. The predicted octanol–water partition coefficient (Wildman–Crippen LogP) is 3.23. The van der Waals surface area contributed by atoms with Gasteiger partial charge in [-0.2, -0.15) is 13.2 Å². The molecule has 1 aromatic heterocycles. The van der Waals surface area contributed by atoms with E-state index in [9.17, 15) is 31.1 Å². The molecule has 0 atom stereocenters. The summed E-state index contributed by atoms with van der Waals surface area (Å²) in [6.45, 7) is 0. The van der Waals surface area contributed by atoms with Crippen molar-refractivity contribution < 1.29 is 41.0 Å². The molecule has 0 aliphatic rings. The molecule has 4 nitrogen and oxygen atoms in total. The number of alkyl halides is 6. The number of carboxylic acids is 1. The Kier molecular flexibility index (Phi) is 4.71. The molecule has 0 unspecified atom stereocenters. The molecular weight excluding hydrogens is 411 g/mol. The van der Waals surface area contributed by atoms with Crippen LogP contribution in [0.1, 0.15) is 11.3 Å². The number of carbonyl (C=O) groups is 1. The lowest BCUT2D eigenvalue weighted by molar-refractivity contribution is -0.276. The molecule has 0 bridgehead atoms. The second kappa shape index (κ2) is 5.61. The summed E-state index contributed by atoms with van der Waals surface area (Å²) in [5.41, 5.74) is -2.13. The van der Waals surface area contributed by atoms with Crippen molar-refractivity contribution in [3.05, 3.63) is 20.9 Å². The van der Waals surface area contributed by atoms with Crippen LogP contribution in [0.3, 0.4) is 0 Å². The van der Waals surface area contributed by atoms with Crippen LogP contribution in [0.25, 0.3) is 0 Å². The number of ether oxygens (including phenoxy) is 1. The molecule has 0 saturated carbocycles. The predicted molar refractivity (Wildman–Crippen MR) is 60.0 cm³/mol. The first-order valence-electron chi connectivity index (χ1n) is 4.64. The van der Waals surface area contributed by atoms with E-state index in [4.69, 9.17) is 5.11 Å². The third-order valence-corrected chi connectivity index (χ3v) is 3.00. The molecule has 0 aliphatic heterocycles. The topological polar surface area (TPSA) is 59.4 Å². The summed E-state index contributed by atoms with van der Waals surface area (Å²) in [5, 5.41) is 8.54. The first-order valence-corrected chi connectivity index (χ1v) is 5.72. The van der Waals surface area contributed by atoms with Gasteiger partial charge in [-0.3, -0.25) is 4.79 Å². The van der Waals surface area contributed by atoms with Crippen molar-refractivity contribution in [1.29, 1.82) is 0 Å². The summed E-state index contributed by atoms with van der Waals surface area (Å²) in [6, 6.07) is 0.374. The highest BCUT2D eigenvalue weighted by atomic mass is 127. The van der Waals surface area contributed by atoms with Crippen LogP contribution in [0.4, 0.5) is 26.3 Å². The summed E-state index contributed by atoms with van der Waals surface area (Å²) in [7, 11) is 0. The molecule has 20 heavy (non-hydrogen) atoms. The van der Waals surface area contributed by atoms with Gasteiger partial charge in [0.05, 0.1) is 9.99 Å². The Hall–Kier alpha value is -1.27. The van der Waals surface area contributed by atoms with E-state index in [0.29, 0.717) is 6.07 Å². The Morgan fingerprint density at radius 2 is 1.85 bits per heavy atom. The van der Waals surface area contributed by atoms with Crippen LogP contribution < -0.4 is 4.74 Å². The van der Waals surface area contributed by atoms with Crippen molar-refractivity contribution >= 4 is 28.6 Å². The highest BCUT2D eigenvalue weighted by Gasteiger charge is 2.38. The third-order valence-electron chi connectivity index (χ3n) is 1.85. The van der Waals surface area contributed by atoms with Gasteiger partial charge in [0, 0.05) is 0 Å². The Balaban J connectivity index is 3.38. The molecule has 1 heterocycles. The van der Waals surface area contributed by atoms with Gasteiger partial charge < -0.3 is 9.84 Å². The van der Waals surface area contributed by atoms with Gasteiger partial charge in [0.15, 0.2) is 0 Å². The number of pyridine rings is 1. The zero-order valence-corrected chi connectivity index (χ0v) is 11.3. The molecular formula is C9H4F6INO3. The van der Waals surface area contributed by atoms with Gasteiger partial charge in [0.1, 0.15) is 5.69 Å². The SMILES string of the molecule is O=C(O)Cc1cc(C(F)(F)F)nc(OC(F)(F)F)c1I. The second-order valence-corrected chi connectivity index (χ2v) is 4.48. The van der Waals surface area contributed by atoms with E-state index >= 15 is 0 Å². The minimum Gasteiger partial charge on any atom is -0.481 e.